The molecule has 0 fully saturated rings. The Bertz CT molecular complexity index is 592. The van der Waals surface area contributed by atoms with E-state index in [4.69, 9.17) is 5.73 Å². The fourth-order valence-corrected chi connectivity index (χ4v) is 2.09. The lowest BCUT2D eigenvalue weighted by Crippen LogP contribution is -2.00. The van der Waals surface area contributed by atoms with Gasteiger partial charge in [-0.2, -0.15) is 0 Å². The van der Waals surface area contributed by atoms with E-state index in [-0.39, 0.29) is 26.0 Å². The van der Waals surface area contributed by atoms with Gasteiger partial charge in [-0.25, -0.2) is 13.2 Å². The van der Waals surface area contributed by atoms with E-state index in [1.807, 2.05) is 0 Å². The lowest BCUT2D eigenvalue weighted by Gasteiger charge is -2.11. The van der Waals surface area contributed by atoms with Gasteiger partial charge in [0.15, 0.2) is 0 Å². The van der Waals surface area contributed by atoms with E-state index in [0.717, 1.165) is 18.2 Å². The number of anilines is 3. The number of nitrogen functional groups attached to an aromatic ring is 1. The Morgan fingerprint density at radius 3 is 2.05 bits per heavy atom. The first-order chi connectivity index (χ1) is 8.88. The fraction of sp³-hybridized carbons (Fsp3) is 0. The minimum absolute atomic E-state index is 0.0174. The molecule has 0 atom stereocenters. The number of benzene rings is 2. The van der Waals surface area contributed by atoms with E-state index in [1.54, 1.807) is 0 Å². The molecule has 19 heavy (non-hydrogen) atoms. The van der Waals surface area contributed by atoms with Crippen LogP contribution in [0.15, 0.2) is 33.2 Å². The van der Waals surface area contributed by atoms with Crippen LogP contribution in [0.3, 0.4) is 0 Å². The monoisotopic (exact) mass is 394 g/mol. The number of hydrogen-bond donors (Lipinski definition) is 2. The van der Waals surface area contributed by atoms with Crippen LogP contribution in [0.1, 0.15) is 0 Å². The van der Waals surface area contributed by atoms with Gasteiger partial charge in [-0.3, -0.25) is 0 Å². The van der Waals surface area contributed by atoms with E-state index in [1.165, 1.54) is 6.07 Å². The standard InChI is InChI=1S/C12H7Br2F3N2/c13-5-1-9(17)11(4-8(5)16)19-12-2-6(14)7(15)3-10(12)18/h1-4,19H,18H2. The van der Waals surface area contributed by atoms with Crippen LogP contribution < -0.4 is 11.1 Å². The molecule has 2 rings (SSSR count). The highest BCUT2D eigenvalue weighted by molar-refractivity contribution is 9.10. The maximum atomic E-state index is 13.6. The van der Waals surface area contributed by atoms with E-state index in [9.17, 15) is 13.2 Å². The van der Waals surface area contributed by atoms with Gasteiger partial charge in [0.05, 0.1) is 26.0 Å². The van der Waals surface area contributed by atoms with Gasteiger partial charge in [0.1, 0.15) is 17.5 Å². The molecule has 0 radical (unpaired) electrons. The van der Waals surface area contributed by atoms with Crippen LogP contribution in [0.4, 0.5) is 30.2 Å². The van der Waals surface area contributed by atoms with Crippen molar-refractivity contribution in [2.24, 2.45) is 0 Å². The minimum atomic E-state index is -0.659. The van der Waals surface area contributed by atoms with Gasteiger partial charge in [-0.05, 0) is 44.0 Å². The summed E-state index contributed by atoms with van der Waals surface area (Å²) in [4.78, 5) is 0. The number of nitrogens with one attached hydrogen (secondary N) is 1. The van der Waals surface area contributed by atoms with Crippen molar-refractivity contribution in [3.05, 3.63) is 50.7 Å². The molecule has 0 aliphatic rings. The van der Waals surface area contributed by atoms with Crippen molar-refractivity contribution >= 4 is 48.9 Å². The van der Waals surface area contributed by atoms with Crippen molar-refractivity contribution in [3.8, 4) is 0 Å². The summed E-state index contributed by atoms with van der Waals surface area (Å²) in [5.74, 6) is -1.82. The Kier molecular flexibility index (Phi) is 4.05. The molecule has 0 bridgehead atoms. The van der Waals surface area contributed by atoms with Crippen molar-refractivity contribution in [2.75, 3.05) is 11.1 Å². The molecule has 7 heteroatoms. The Morgan fingerprint density at radius 2 is 1.37 bits per heavy atom. The zero-order chi connectivity index (χ0) is 14.2. The Labute approximate surface area is 124 Å². The van der Waals surface area contributed by atoms with Gasteiger partial charge in [0.2, 0.25) is 0 Å². The largest absolute Gasteiger partial charge is 0.397 e. The van der Waals surface area contributed by atoms with Gasteiger partial charge in [-0.1, -0.05) is 0 Å². The van der Waals surface area contributed by atoms with Gasteiger partial charge in [0, 0.05) is 12.1 Å². The summed E-state index contributed by atoms with van der Waals surface area (Å²) in [7, 11) is 0. The first kappa shape index (κ1) is 14.2. The van der Waals surface area contributed by atoms with Crippen molar-refractivity contribution in [1.29, 1.82) is 0 Å². The first-order valence-corrected chi connectivity index (χ1v) is 6.63. The van der Waals surface area contributed by atoms with E-state index in [0.29, 0.717) is 0 Å². The zero-order valence-corrected chi connectivity index (χ0v) is 12.4. The van der Waals surface area contributed by atoms with E-state index in [2.05, 4.69) is 37.2 Å². The summed E-state index contributed by atoms with van der Waals surface area (Å²) in [6, 6.07) is 4.41. The highest BCUT2D eigenvalue weighted by Gasteiger charge is 2.11. The highest BCUT2D eigenvalue weighted by atomic mass is 79.9. The summed E-state index contributed by atoms with van der Waals surface area (Å²) in [5, 5.41) is 2.62. The molecule has 3 N–H and O–H groups in total. The maximum absolute atomic E-state index is 13.6. The lowest BCUT2D eigenvalue weighted by molar-refractivity contribution is 0.598. The second kappa shape index (κ2) is 5.42. The molecule has 0 saturated carbocycles. The topological polar surface area (TPSA) is 38.0 Å². The molecule has 2 aromatic rings. The molecular weight excluding hydrogens is 389 g/mol. The van der Waals surface area contributed by atoms with Gasteiger partial charge in [0.25, 0.3) is 0 Å². The second-order valence-electron chi connectivity index (χ2n) is 3.72. The van der Waals surface area contributed by atoms with Gasteiger partial charge < -0.3 is 11.1 Å². The summed E-state index contributed by atoms with van der Waals surface area (Å²) >= 11 is 5.87. The van der Waals surface area contributed by atoms with Crippen molar-refractivity contribution < 1.29 is 13.2 Å². The van der Waals surface area contributed by atoms with Gasteiger partial charge >= 0.3 is 0 Å². The molecule has 2 aromatic carbocycles. The molecule has 0 heterocycles. The molecule has 100 valence electrons. The number of hydrogen-bond acceptors (Lipinski definition) is 2. The minimum Gasteiger partial charge on any atom is -0.397 e. The average Bonchev–Trinajstić information content (AvgIpc) is 2.32. The van der Waals surface area contributed by atoms with E-state index < -0.39 is 17.5 Å². The third-order valence-electron chi connectivity index (χ3n) is 2.37. The molecule has 0 spiro atoms. The quantitative estimate of drug-likeness (QED) is 0.557. The Hall–Kier alpha value is -1.21. The van der Waals surface area contributed by atoms with Crippen molar-refractivity contribution in [1.82, 2.24) is 0 Å². The molecular formula is C12H7Br2F3N2. The average molecular weight is 396 g/mol. The van der Waals surface area contributed by atoms with Crippen LogP contribution in [0, 0.1) is 17.5 Å². The zero-order valence-electron chi connectivity index (χ0n) is 9.28. The Morgan fingerprint density at radius 1 is 0.789 bits per heavy atom. The lowest BCUT2D eigenvalue weighted by atomic mass is 10.2. The predicted octanol–water partition coefficient (Wildman–Crippen LogP) is 4.95. The number of halogens is 5. The molecule has 0 unspecified atom stereocenters. The third kappa shape index (κ3) is 3.03. The first-order valence-electron chi connectivity index (χ1n) is 5.04. The molecule has 0 aromatic heterocycles. The van der Waals surface area contributed by atoms with Crippen LogP contribution in [0.2, 0.25) is 0 Å². The summed E-state index contributed by atoms with van der Waals surface area (Å²) < 4.78 is 40.4. The van der Waals surface area contributed by atoms with Crippen LogP contribution >= 0.6 is 31.9 Å². The molecule has 0 aliphatic carbocycles. The van der Waals surface area contributed by atoms with Crippen molar-refractivity contribution in [3.63, 3.8) is 0 Å². The summed E-state index contributed by atoms with van der Waals surface area (Å²) in [5.41, 5.74) is 5.87. The van der Waals surface area contributed by atoms with Crippen LogP contribution in [-0.2, 0) is 0 Å². The van der Waals surface area contributed by atoms with Crippen LogP contribution in [0.5, 0.6) is 0 Å². The third-order valence-corrected chi connectivity index (χ3v) is 3.59. The van der Waals surface area contributed by atoms with Crippen LogP contribution in [-0.4, -0.2) is 0 Å². The Balaban J connectivity index is 2.42. The smallest absolute Gasteiger partial charge is 0.147 e. The second-order valence-corrected chi connectivity index (χ2v) is 5.43. The molecule has 2 nitrogen and oxygen atoms in total. The normalized spacial score (nSPS) is 10.6. The van der Waals surface area contributed by atoms with Gasteiger partial charge in [-0.15, -0.1) is 0 Å². The van der Waals surface area contributed by atoms with Crippen molar-refractivity contribution in [2.45, 2.75) is 0 Å². The highest BCUT2D eigenvalue weighted by Crippen LogP contribution is 2.31. The molecule has 0 aliphatic heterocycles. The summed E-state index contributed by atoms with van der Waals surface area (Å²) in [6.07, 6.45) is 0. The molecule has 0 amide bonds. The van der Waals surface area contributed by atoms with E-state index >= 15 is 0 Å². The number of nitrogens with two attached hydrogens (primary N) is 1. The number of rotatable bonds is 2. The predicted molar refractivity (Wildman–Crippen MR) is 75.9 cm³/mol. The SMILES string of the molecule is Nc1cc(F)c(Br)cc1Nc1cc(F)c(Br)cc1F. The molecule has 0 saturated heterocycles. The fourth-order valence-electron chi connectivity index (χ4n) is 1.43. The maximum Gasteiger partial charge on any atom is 0.147 e. The van der Waals surface area contributed by atoms with Crippen LogP contribution in [0.25, 0.3) is 0 Å². The summed E-state index contributed by atoms with van der Waals surface area (Å²) in [6.45, 7) is 0.